The standard InChI is InChI=1S/C14H16N2O3/c1-2-12(17)15-10-5-3-9(4-6-10)11-7-8-13(18)16-14(11)19/h3-6,11H,2,7-8H2,1H3,(H,15,17)(H,16,18,19). The fraction of sp³-hybridized carbons (Fsp3) is 0.357. The van der Waals surface area contributed by atoms with Crippen LogP contribution in [0.4, 0.5) is 5.69 Å². The van der Waals surface area contributed by atoms with Gasteiger partial charge in [0.25, 0.3) is 0 Å². The second-order valence-corrected chi connectivity index (χ2v) is 4.53. The van der Waals surface area contributed by atoms with Crippen molar-refractivity contribution in [1.29, 1.82) is 0 Å². The van der Waals surface area contributed by atoms with Crippen LogP contribution in [0, 0.1) is 0 Å². The van der Waals surface area contributed by atoms with Crippen LogP contribution in [0.1, 0.15) is 37.7 Å². The topological polar surface area (TPSA) is 75.3 Å². The predicted octanol–water partition coefficient (Wildman–Crippen LogP) is 1.56. The van der Waals surface area contributed by atoms with Crippen LogP contribution in [-0.2, 0) is 14.4 Å². The van der Waals surface area contributed by atoms with Crippen LogP contribution >= 0.6 is 0 Å². The number of hydrogen-bond donors (Lipinski definition) is 2. The molecule has 5 heteroatoms. The molecule has 0 aliphatic carbocycles. The molecular formula is C14H16N2O3. The number of anilines is 1. The van der Waals surface area contributed by atoms with Crippen LogP contribution in [0.25, 0.3) is 0 Å². The molecule has 0 bridgehead atoms. The van der Waals surface area contributed by atoms with Gasteiger partial charge in [-0.05, 0) is 24.1 Å². The summed E-state index contributed by atoms with van der Waals surface area (Å²) in [5.74, 6) is -0.794. The highest BCUT2D eigenvalue weighted by Gasteiger charge is 2.27. The number of piperidine rings is 1. The number of rotatable bonds is 3. The lowest BCUT2D eigenvalue weighted by Gasteiger charge is -2.21. The minimum Gasteiger partial charge on any atom is -0.326 e. The Morgan fingerprint density at radius 3 is 2.58 bits per heavy atom. The maximum absolute atomic E-state index is 11.7. The summed E-state index contributed by atoms with van der Waals surface area (Å²) in [4.78, 5) is 34.0. The molecular weight excluding hydrogens is 244 g/mol. The van der Waals surface area contributed by atoms with Gasteiger partial charge in [-0.2, -0.15) is 0 Å². The summed E-state index contributed by atoms with van der Waals surface area (Å²) in [5.41, 5.74) is 1.57. The van der Waals surface area contributed by atoms with Gasteiger partial charge in [-0.25, -0.2) is 0 Å². The van der Waals surface area contributed by atoms with E-state index in [4.69, 9.17) is 0 Å². The molecule has 1 heterocycles. The molecule has 1 saturated heterocycles. The minimum absolute atomic E-state index is 0.0474. The summed E-state index contributed by atoms with van der Waals surface area (Å²) >= 11 is 0. The Balaban J connectivity index is 2.08. The Hall–Kier alpha value is -2.17. The lowest BCUT2D eigenvalue weighted by atomic mass is 9.90. The first-order chi connectivity index (χ1) is 9.10. The van der Waals surface area contributed by atoms with Gasteiger partial charge in [-0.1, -0.05) is 19.1 Å². The van der Waals surface area contributed by atoms with E-state index in [1.54, 1.807) is 19.1 Å². The highest BCUT2D eigenvalue weighted by molar-refractivity contribution is 6.01. The van der Waals surface area contributed by atoms with Gasteiger partial charge in [0.15, 0.2) is 0 Å². The van der Waals surface area contributed by atoms with Gasteiger partial charge >= 0.3 is 0 Å². The largest absolute Gasteiger partial charge is 0.326 e. The Bertz CT molecular complexity index is 508. The quantitative estimate of drug-likeness (QED) is 0.810. The molecule has 5 nitrogen and oxygen atoms in total. The molecule has 1 unspecified atom stereocenters. The van der Waals surface area contributed by atoms with Crippen molar-refractivity contribution in [3.05, 3.63) is 29.8 Å². The van der Waals surface area contributed by atoms with Gasteiger partial charge in [0.1, 0.15) is 0 Å². The van der Waals surface area contributed by atoms with E-state index in [2.05, 4.69) is 10.6 Å². The van der Waals surface area contributed by atoms with E-state index in [1.165, 1.54) is 0 Å². The number of benzene rings is 1. The zero-order valence-corrected chi connectivity index (χ0v) is 10.7. The van der Waals surface area contributed by atoms with Crippen molar-refractivity contribution in [1.82, 2.24) is 5.32 Å². The summed E-state index contributed by atoms with van der Waals surface area (Å²) in [6, 6.07) is 7.16. The van der Waals surface area contributed by atoms with Crippen molar-refractivity contribution < 1.29 is 14.4 Å². The Kier molecular flexibility index (Phi) is 3.94. The second-order valence-electron chi connectivity index (χ2n) is 4.53. The zero-order chi connectivity index (χ0) is 13.8. The summed E-state index contributed by atoms with van der Waals surface area (Å²) in [6.07, 6.45) is 1.32. The van der Waals surface area contributed by atoms with Crippen LogP contribution in [0.2, 0.25) is 0 Å². The highest BCUT2D eigenvalue weighted by atomic mass is 16.2. The summed E-state index contributed by atoms with van der Waals surface area (Å²) in [6.45, 7) is 1.78. The SMILES string of the molecule is CCC(=O)Nc1ccc(C2CCC(=O)NC2=O)cc1. The molecule has 1 atom stereocenters. The summed E-state index contributed by atoms with van der Waals surface area (Å²) in [5, 5.41) is 5.08. The van der Waals surface area contributed by atoms with Gasteiger partial charge < -0.3 is 5.32 Å². The normalized spacial score (nSPS) is 18.9. The van der Waals surface area contributed by atoms with Crippen LogP contribution < -0.4 is 10.6 Å². The molecule has 0 saturated carbocycles. The Labute approximate surface area is 111 Å². The van der Waals surface area contributed by atoms with E-state index in [9.17, 15) is 14.4 Å². The van der Waals surface area contributed by atoms with Crippen molar-refractivity contribution in [2.45, 2.75) is 32.1 Å². The van der Waals surface area contributed by atoms with Crippen molar-refractivity contribution >= 4 is 23.4 Å². The molecule has 2 N–H and O–H groups in total. The number of nitrogens with one attached hydrogen (secondary N) is 2. The molecule has 1 aliphatic rings. The third-order valence-electron chi connectivity index (χ3n) is 3.16. The Morgan fingerprint density at radius 1 is 1.32 bits per heavy atom. The second kappa shape index (κ2) is 5.65. The number of carbonyl (C=O) groups excluding carboxylic acids is 3. The predicted molar refractivity (Wildman–Crippen MR) is 70.5 cm³/mol. The first kappa shape index (κ1) is 13.3. The average Bonchev–Trinajstić information content (AvgIpc) is 2.40. The zero-order valence-electron chi connectivity index (χ0n) is 10.7. The lowest BCUT2D eigenvalue weighted by Crippen LogP contribution is -2.39. The van der Waals surface area contributed by atoms with Crippen molar-refractivity contribution in [2.24, 2.45) is 0 Å². The van der Waals surface area contributed by atoms with Gasteiger partial charge in [-0.3, -0.25) is 19.7 Å². The number of amides is 3. The van der Waals surface area contributed by atoms with E-state index in [0.717, 1.165) is 5.56 Å². The van der Waals surface area contributed by atoms with Crippen molar-refractivity contribution in [2.75, 3.05) is 5.32 Å². The van der Waals surface area contributed by atoms with Gasteiger partial charge in [0.2, 0.25) is 17.7 Å². The molecule has 100 valence electrons. The van der Waals surface area contributed by atoms with E-state index < -0.39 is 0 Å². The van der Waals surface area contributed by atoms with E-state index in [1.807, 2.05) is 12.1 Å². The van der Waals surface area contributed by atoms with E-state index in [-0.39, 0.29) is 23.6 Å². The maximum atomic E-state index is 11.7. The molecule has 0 aromatic heterocycles. The van der Waals surface area contributed by atoms with Crippen LogP contribution in [0.3, 0.4) is 0 Å². The van der Waals surface area contributed by atoms with Crippen molar-refractivity contribution in [3.63, 3.8) is 0 Å². The fourth-order valence-corrected chi connectivity index (χ4v) is 2.06. The highest BCUT2D eigenvalue weighted by Crippen LogP contribution is 2.25. The monoisotopic (exact) mass is 260 g/mol. The van der Waals surface area contributed by atoms with E-state index >= 15 is 0 Å². The molecule has 3 amide bonds. The van der Waals surface area contributed by atoms with Crippen LogP contribution in [0.5, 0.6) is 0 Å². The first-order valence-electron chi connectivity index (χ1n) is 6.33. The molecule has 2 rings (SSSR count). The summed E-state index contributed by atoms with van der Waals surface area (Å²) in [7, 11) is 0. The number of hydrogen-bond acceptors (Lipinski definition) is 3. The maximum Gasteiger partial charge on any atom is 0.234 e. The van der Waals surface area contributed by atoms with Gasteiger partial charge in [0, 0.05) is 18.5 Å². The molecule has 1 aromatic carbocycles. The third-order valence-corrected chi connectivity index (χ3v) is 3.16. The smallest absolute Gasteiger partial charge is 0.234 e. The third kappa shape index (κ3) is 3.19. The average molecular weight is 260 g/mol. The fourth-order valence-electron chi connectivity index (χ4n) is 2.06. The molecule has 0 radical (unpaired) electrons. The van der Waals surface area contributed by atoms with Crippen LogP contribution in [-0.4, -0.2) is 17.7 Å². The molecule has 0 spiro atoms. The molecule has 1 aliphatic heterocycles. The molecule has 1 aromatic rings. The minimum atomic E-state index is -0.284. The first-order valence-corrected chi connectivity index (χ1v) is 6.33. The molecule has 1 fully saturated rings. The van der Waals surface area contributed by atoms with Crippen molar-refractivity contribution in [3.8, 4) is 0 Å². The summed E-state index contributed by atoms with van der Waals surface area (Å²) < 4.78 is 0. The Morgan fingerprint density at radius 2 is 2.00 bits per heavy atom. The van der Waals surface area contributed by atoms with Gasteiger partial charge in [0.05, 0.1) is 5.92 Å². The van der Waals surface area contributed by atoms with Crippen LogP contribution in [0.15, 0.2) is 24.3 Å². The molecule has 19 heavy (non-hydrogen) atoms. The number of imide groups is 1. The lowest BCUT2D eigenvalue weighted by molar-refractivity contribution is -0.134. The van der Waals surface area contributed by atoms with E-state index in [0.29, 0.717) is 24.9 Å². The van der Waals surface area contributed by atoms with Gasteiger partial charge in [-0.15, -0.1) is 0 Å². The number of carbonyl (C=O) groups is 3.